The minimum absolute atomic E-state index is 0.0382. The Balaban J connectivity index is 1.65. The van der Waals surface area contributed by atoms with Gasteiger partial charge in [0, 0.05) is 25.1 Å². The van der Waals surface area contributed by atoms with Gasteiger partial charge in [0.2, 0.25) is 5.91 Å². The number of oxime groups is 1. The summed E-state index contributed by atoms with van der Waals surface area (Å²) >= 11 is 0. The number of hydrogen-bond donors (Lipinski definition) is 1. The van der Waals surface area contributed by atoms with E-state index in [0.29, 0.717) is 30.1 Å². The van der Waals surface area contributed by atoms with Gasteiger partial charge >= 0.3 is 5.69 Å². The Kier molecular flexibility index (Phi) is 7.87. The van der Waals surface area contributed by atoms with Gasteiger partial charge in [0.25, 0.3) is 5.69 Å². The molecule has 1 N–H and O–H groups in total. The van der Waals surface area contributed by atoms with Crippen molar-refractivity contribution in [1.29, 1.82) is 0 Å². The smallest absolute Gasteiger partial charge is 0.312 e. The van der Waals surface area contributed by atoms with Crippen molar-refractivity contribution >= 4 is 28.7 Å². The molecule has 1 heterocycles. The first-order chi connectivity index (χ1) is 16.7. The zero-order valence-electron chi connectivity index (χ0n) is 19.4. The van der Waals surface area contributed by atoms with Crippen molar-refractivity contribution in [1.82, 2.24) is 9.78 Å². The number of carbonyl (C=O) groups excluding carboxylic acids is 1. The molecule has 1 amide bonds. The van der Waals surface area contributed by atoms with Crippen LogP contribution in [0.1, 0.15) is 36.7 Å². The number of nitrogens with zero attached hydrogens (tertiary/aromatic N) is 5. The van der Waals surface area contributed by atoms with Gasteiger partial charge in [-0.2, -0.15) is 5.10 Å². The first-order valence-electron chi connectivity index (χ1n) is 10.7. The van der Waals surface area contributed by atoms with Gasteiger partial charge in [-0.05, 0) is 32.8 Å². The number of nitrogens with one attached hydrogen (secondary N) is 1. The highest BCUT2D eigenvalue weighted by atomic mass is 16.6. The molecule has 0 spiro atoms. The zero-order valence-corrected chi connectivity index (χ0v) is 19.4. The van der Waals surface area contributed by atoms with Crippen molar-refractivity contribution in [2.45, 2.75) is 40.2 Å². The number of hydrogen-bond acceptors (Lipinski definition) is 8. The standard InChI is InChI=1S/C23H24N6O6/c1-15(18-8-5-4-6-9-18)26-35-21-13-19(12-20(14-21)28(31)32)24-22(30)10-7-11-27-17(3)23(29(33)34)16(2)25-27/h4-6,8-9,12-14H,7,10-11H2,1-3H3,(H,24,30). The van der Waals surface area contributed by atoms with Crippen LogP contribution in [0.25, 0.3) is 0 Å². The molecule has 35 heavy (non-hydrogen) atoms. The van der Waals surface area contributed by atoms with Crippen LogP contribution in [-0.2, 0) is 11.3 Å². The Labute approximate surface area is 200 Å². The summed E-state index contributed by atoms with van der Waals surface area (Å²) in [6.45, 7) is 5.21. The largest absolute Gasteiger partial charge is 0.356 e. The van der Waals surface area contributed by atoms with Crippen LogP contribution in [0.3, 0.4) is 0 Å². The molecule has 0 fully saturated rings. The summed E-state index contributed by atoms with van der Waals surface area (Å²) in [7, 11) is 0. The lowest BCUT2D eigenvalue weighted by atomic mass is 10.1. The minimum atomic E-state index is -0.591. The predicted molar refractivity (Wildman–Crippen MR) is 129 cm³/mol. The molecule has 1 aromatic heterocycles. The molecule has 0 aliphatic heterocycles. The molecule has 0 atom stereocenters. The third-order valence-electron chi connectivity index (χ3n) is 5.17. The monoisotopic (exact) mass is 480 g/mol. The second-order valence-corrected chi connectivity index (χ2v) is 7.76. The number of rotatable bonds is 10. The molecule has 3 rings (SSSR count). The van der Waals surface area contributed by atoms with Gasteiger partial charge in [-0.15, -0.1) is 0 Å². The van der Waals surface area contributed by atoms with Crippen molar-refractivity contribution in [2.75, 3.05) is 5.32 Å². The molecule has 0 radical (unpaired) electrons. The quantitative estimate of drug-likeness (QED) is 0.254. The van der Waals surface area contributed by atoms with Gasteiger partial charge < -0.3 is 10.2 Å². The van der Waals surface area contributed by atoms with E-state index in [1.54, 1.807) is 20.8 Å². The van der Waals surface area contributed by atoms with E-state index in [0.717, 1.165) is 5.56 Å². The van der Waals surface area contributed by atoms with Gasteiger partial charge in [-0.1, -0.05) is 35.5 Å². The Morgan fingerprint density at radius 1 is 1.11 bits per heavy atom. The number of carbonyl (C=O) groups is 1. The first kappa shape index (κ1) is 25.0. The van der Waals surface area contributed by atoms with Gasteiger partial charge in [0.1, 0.15) is 11.4 Å². The number of anilines is 1. The SMILES string of the molecule is CC(=NOc1cc(NC(=O)CCCn2nc(C)c([N+](=O)[O-])c2C)cc([N+](=O)[O-])c1)c1ccccc1. The summed E-state index contributed by atoms with van der Waals surface area (Å²) in [4.78, 5) is 39.2. The van der Waals surface area contributed by atoms with Crippen molar-refractivity contribution < 1.29 is 19.5 Å². The highest BCUT2D eigenvalue weighted by Crippen LogP contribution is 2.27. The summed E-state index contributed by atoms with van der Waals surface area (Å²) in [5, 5.41) is 33.3. The number of aromatic nitrogens is 2. The number of nitro benzene ring substituents is 1. The third kappa shape index (κ3) is 6.47. The van der Waals surface area contributed by atoms with Crippen LogP contribution >= 0.6 is 0 Å². The number of amides is 1. The van der Waals surface area contributed by atoms with Crippen LogP contribution < -0.4 is 10.2 Å². The molecule has 3 aromatic rings. The molecule has 12 nitrogen and oxygen atoms in total. The zero-order chi connectivity index (χ0) is 25.5. The van der Waals surface area contributed by atoms with E-state index in [4.69, 9.17) is 4.84 Å². The van der Waals surface area contributed by atoms with Gasteiger partial charge in [0.15, 0.2) is 5.75 Å². The fourth-order valence-electron chi connectivity index (χ4n) is 3.45. The second-order valence-electron chi connectivity index (χ2n) is 7.76. The summed E-state index contributed by atoms with van der Waals surface area (Å²) in [6.07, 6.45) is 0.445. The molecule has 0 unspecified atom stereocenters. The normalized spacial score (nSPS) is 11.2. The fraction of sp³-hybridized carbons (Fsp3) is 0.261. The number of benzene rings is 2. The fourth-order valence-corrected chi connectivity index (χ4v) is 3.45. The van der Waals surface area contributed by atoms with Crippen LogP contribution in [0.4, 0.5) is 17.1 Å². The average molecular weight is 480 g/mol. The molecule has 0 bridgehead atoms. The first-order valence-corrected chi connectivity index (χ1v) is 10.7. The molecule has 12 heteroatoms. The van der Waals surface area contributed by atoms with Crippen molar-refractivity contribution in [2.24, 2.45) is 5.16 Å². The highest BCUT2D eigenvalue weighted by Gasteiger charge is 2.21. The van der Waals surface area contributed by atoms with Crippen molar-refractivity contribution in [3.8, 4) is 5.75 Å². The van der Waals surface area contributed by atoms with Gasteiger partial charge in [0.05, 0.1) is 27.3 Å². The lowest BCUT2D eigenvalue weighted by molar-refractivity contribution is -0.386. The van der Waals surface area contributed by atoms with Crippen LogP contribution in [-0.4, -0.2) is 31.2 Å². The van der Waals surface area contributed by atoms with E-state index in [1.807, 2.05) is 30.3 Å². The molecule has 0 saturated heterocycles. The minimum Gasteiger partial charge on any atom is -0.356 e. The van der Waals surface area contributed by atoms with Gasteiger partial charge in [-0.3, -0.25) is 29.7 Å². The van der Waals surface area contributed by atoms with E-state index in [1.165, 1.54) is 22.9 Å². The lowest BCUT2D eigenvalue weighted by Crippen LogP contribution is -2.13. The Hall–Kier alpha value is -4.61. The van der Waals surface area contributed by atoms with Crippen molar-refractivity contribution in [3.63, 3.8) is 0 Å². The van der Waals surface area contributed by atoms with Crippen LogP contribution in [0, 0.1) is 34.1 Å². The van der Waals surface area contributed by atoms with Crippen molar-refractivity contribution in [3.05, 3.63) is 85.7 Å². The maximum Gasteiger partial charge on any atom is 0.312 e. The number of non-ortho nitro benzene ring substituents is 1. The molecule has 182 valence electrons. The maximum atomic E-state index is 12.4. The molecule has 0 aliphatic carbocycles. The Morgan fingerprint density at radius 3 is 2.46 bits per heavy atom. The molecule has 0 saturated carbocycles. The van der Waals surface area contributed by atoms with E-state index < -0.39 is 9.85 Å². The van der Waals surface area contributed by atoms with E-state index in [9.17, 15) is 25.0 Å². The Morgan fingerprint density at radius 2 is 1.83 bits per heavy atom. The van der Waals surface area contributed by atoms with E-state index >= 15 is 0 Å². The molecule has 0 aliphatic rings. The van der Waals surface area contributed by atoms with Gasteiger partial charge in [-0.25, -0.2) is 0 Å². The van der Waals surface area contributed by atoms with E-state index in [-0.39, 0.29) is 35.1 Å². The third-order valence-corrected chi connectivity index (χ3v) is 5.17. The topological polar surface area (TPSA) is 155 Å². The summed E-state index contributed by atoms with van der Waals surface area (Å²) in [5.41, 5.74) is 2.02. The summed E-state index contributed by atoms with van der Waals surface area (Å²) in [5.74, 6) is -0.281. The maximum absolute atomic E-state index is 12.4. The average Bonchev–Trinajstić information content (AvgIpc) is 3.10. The van der Waals surface area contributed by atoms with E-state index in [2.05, 4.69) is 15.6 Å². The molecular formula is C23H24N6O6. The highest BCUT2D eigenvalue weighted by molar-refractivity contribution is 5.98. The molecule has 2 aromatic carbocycles. The van der Waals surface area contributed by atoms with Crippen LogP contribution in [0.2, 0.25) is 0 Å². The predicted octanol–water partition coefficient (Wildman–Crippen LogP) is 4.54. The Bertz CT molecular complexity index is 1290. The van der Waals surface area contributed by atoms with Crippen LogP contribution in [0.15, 0.2) is 53.7 Å². The van der Waals surface area contributed by atoms with Crippen LogP contribution in [0.5, 0.6) is 5.75 Å². The summed E-state index contributed by atoms with van der Waals surface area (Å²) < 4.78 is 1.49. The number of nitro groups is 2. The second kappa shape index (κ2) is 11.0. The molecular weight excluding hydrogens is 456 g/mol. The lowest BCUT2D eigenvalue weighted by Gasteiger charge is -2.08. The summed E-state index contributed by atoms with van der Waals surface area (Å²) in [6, 6.07) is 13.2. The number of aryl methyl sites for hydroxylation is 2.